The van der Waals surface area contributed by atoms with Crippen molar-refractivity contribution in [1.82, 2.24) is 24.7 Å². The summed E-state index contributed by atoms with van der Waals surface area (Å²) in [5, 5.41) is 10.9. The molecule has 0 unspecified atom stereocenters. The van der Waals surface area contributed by atoms with Gasteiger partial charge in [0.05, 0.1) is 18.8 Å². The summed E-state index contributed by atoms with van der Waals surface area (Å²) in [6.45, 7) is -0.166. The van der Waals surface area contributed by atoms with Crippen molar-refractivity contribution in [2.45, 2.75) is 6.54 Å². The van der Waals surface area contributed by atoms with Gasteiger partial charge in [0.1, 0.15) is 11.4 Å². The molecule has 9 nitrogen and oxygen atoms in total. The molecule has 108 valence electrons. The van der Waals surface area contributed by atoms with Gasteiger partial charge in [0.25, 0.3) is 5.56 Å². The molecule has 3 heterocycles. The summed E-state index contributed by atoms with van der Waals surface area (Å²) in [6, 6.07) is 1.80. The average molecular weight is 306 g/mol. The normalized spacial score (nSPS) is 10.7. The first-order valence-electron chi connectivity index (χ1n) is 5.86. The Morgan fingerprint density at radius 2 is 2.43 bits per heavy atom. The zero-order valence-corrected chi connectivity index (χ0v) is 11.7. The number of aromatic amines is 1. The summed E-state index contributed by atoms with van der Waals surface area (Å²) in [7, 11) is 1.41. The second-order valence-electron chi connectivity index (χ2n) is 4.04. The lowest BCUT2D eigenvalue weighted by Crippen LogP contribution is -2.27. The third-order valence-corrected chi connectivity index (χ3v) is 3.49. The highest BCUT2D eigenvalue weighted by Crippen LogP contribution is 2.13. The molecule has 0 atom stereocenters. The van der Waals surface area contributed by atoms with E-state index in [0.29, 0.717) is 10.2 Å². The van der Waals surface area contributed by atoms with Gasteiger partial charge in [-0.25, -0.2) is 10.1 Å². The van der Waals surface area contributed by atoms with Crippen molar-refractivity contribution in [3.8, 4) is 6.01 Å². The molecule has 0 aliphatic carbocycles. The van der Waals surface area contributed by atoms with E-state index < -0.39 is 5.91 Å². The number of amides is 1. The molecule has 0 spiro atoms. The van der Waals surface area contributed by atoms with Crippen LogP contribution in [-0.2, 0) is 11.3 Å². The quantitative estimate of drug-likeness (QED) is 0.712. The Kier molecular flexibility index (Phi) is 3.36. The van der Waals surface area contributed by atoms with Crippen LogP contribution in [0.2, 0.25) is 0 Å². The Labute approximate surface area is 121 Å². The molecule has 21 heavy (non-hydrogen) atoms. The second kappa shape index (κ2) is 5.32. The molecule has 0 saturated heterocycles. The van der Waals surface area contributed by atoms with Crippen molar-refractivity contribution in [3.63, 3.8) is 0 Å². The number of nitrogens with zero attached hydrogens (tertiary/aromatic N) is 4. The average Bonchev–Trinajstić information content (AvgIpc) is 3.10. The summed E-state index contributed by atoms with van der Waals surface area (Å²) in [4.78, 5) is 32.6. The molecule has 0 aliphatic heterocycles. The summed E-state index contributed by atoms with van der Waals surface area (Å²) >= 11 is 1.37. The summed E-state index contributed by atoms with van der Waals surface area (Å²) in [6.07, 6.45) is 1.35. The van der Waals surface area contributed by atoms with Crippen LogP contribution in [0.15, 0.2) is 22.6 Å². The number of fused-ring (bicyclic) bond motifs is 1. The predicted molar refractivity (Wildman–Crippen MR) is 75.4 cm³/mol. The zero-order chi connectivity index (χ0) is 14.8. The lowest BCUT2D eigenvalue weighted by molar-refractivity contribution is -0.116. The maximum absolute atomic E-state index is 12.1. The number of ether oxygens (including phenoxy) is 1. The molecular formula is C11H10N6O3S. The number of anilines is 1. The molecule has 2 N–H and O–H groups in total. The van der Waals surface area contributed by atoms with E-state index in [1.807, 2.05) is 0 Å². The van der Waals surface area contributed by atoms with Gasteiger partial charge in [-0.3, -0.25) is 19.5 Å². The Bertz CT molecular complexity index is 851. The number of hydrogen-bond acceptors (Lipinski definition) is 7. The molecule has 0 saturated carbocycles. The molecule has 1 amide bonds. The highest BCUT2D eigenvalue weighted by atomic mass is 32.1. The third-order valence-electron chi connectivity index (χ3n) is 2.67. The number of aromatic nitrogens is 5. The predicted octanol–water partition coefficient (Wildman–Crippen LogP) is 0.223. The van der Waals surface area contributed by atoms with Crippen LogP contribution in [0.5, 0.6) is 6.01 Å². The van der Waals surface area contributed by atoms with Crippen LogP contribution in [0, 0.1) is 0 Å². The van der Waals surface area contributed by atoms with Crippen LogP contribution in [0.4, 0.5) is 5.95 Å². The van der Waals surface area contributed by atoms with Gasteiger partial charge in [0.2, 0.25) is 11.9 Å². The van der Waals surface area contributed by atoms with E-state index in [1.165, 1.54) is 29.3 Å². The number of rotatable bonds is 4. The minimum absolute atomic E-state index is 0.115. The number of carbonyl (C=O) groups is 1. The number of methoxy groups -OCH3 is 1. The van der Waals surface area contributed by atoms with E-state index >= 15 is 0 Å². The van der Waals surface area contributed by atoms with E-state index in [0.717, 1.165) is 0 Å². The summed E-state index contributed by atoms with van der Waals surface area (Å²) < 4.78 is 6.02. The number of thiophene rings is 1. The molecule has 3 aromatic heterocycles. The van der Waals surface area contributed by atoms with Crippen LogP contribution >= 0.6 is 11.3 Å². The first-order chi connectivity index (χ1) is 10.2. The highest BCUT2D eigenvalue weighted by Gasteiger charge is 2.11. The molecule has 0 aliphatic rings. The van der Waals surface area contributed by atoms with Crippen molar-refractivity contribution in [3.05, 3.63) is 28.1 Å². The smallest absolute Gasteiger partial charge is 0.336 e. The molecule has 0 radical (unpaired) electrons. The molecular weight excluding hydrogens is 296 g/mol. The number of H-pyrrole nitrogens is 1. The fourth-order valence-electron chi connectivity index (χ4n) is 1.73. The fraction of sp³-hybridized carbons (Fsp3) is 0.182. The van der Waals surface area contributed by atoms with Crippen molar-refractivity contribution in [1.29, 1.82) is 0 Å². The highest BCUT2D eigenvalue weighted by molar-refractivity contribution is 7.16. The van der Waals surface area contributed by atoms with Crippen LogP contribution in [-0.4, -0.2) is 37.7 Å². The SMILES string of the molecule is COc1n[nH]c(NC(=O)Cn2cnc3sccc3c2=O)n1. The van der Waals surface area contributed by atoms with Gasteiger partial charge in [0.15, 0.2) is 0 Å². The minimum atomic E-state index is -0.424. The van der Waals surface area contributed by atoms with Crippen molar-refractivity contribution in [2.75, 3.05) is 12.4 Å². The Morgan fingerprint density at radius 3 is 3.19 bits per heavy atom. The van der Waals surface area contributed by atoms with Crippen LogP contribution < -0.4 is 15.6 Å². The lowest BCUT2D eigenvalue weighted by atomic mass is 10.4. The van der Waals surface area contributed by atoms with Gasteiger partial charge in [-0.05, 0) is 11.4 Å². The minimum Gasteiger partial charge on any atom is -0.466 e. The van der Waals surface area contributed by atoms with Gasteiger partial charge < -0.3 is 4.74 Å². The van der Waals surface area contributed by atoms with Gasteiger partial charge in [-0.2, -0.15) is 4.98 Å². The molecule has 0 aromatic carbocycles. The molecule has 3 rings (SSSR count). The van der Waals surface area contributed by atoms with Crippen LogP contribution in [0.25, 0.3) is 10.2 Å². The second-order valence-corrected chi connectivity index (χ2v) is 4.93. The van der Waals surface area contributed by atoms with Crippen molar-refractivity contribution < 1.29 is 9.53 Å². The molecule has 3 aromatic rings. The maximum Gasteiger partial charge on any atom is 0.336 e. The van der Waals surface area contributed by atoms with Crippen LogP contribution in [0.1, 0.15) is 0 Å². The number of hydrogen-bond donors (Lipinski definition) is 2. The van der Waals surface area contributed by atoms with Gasteiger partial charge in [-0.15, -0.1) is 16.4 Å². The standard InChI is InChI=1S/C11H10N6O3S/c1-20-11-14-10(15-16-11)13-7(18)4-17-5-12-8-6(9(17)19)2-3-21-8/h2-3,5H,4H2,1H3,(H2,13,14,15,16,18). The van der Waals surface area contributed by atoms with Crippen molar-refractivity contribution in [2.24, 2.45) is 0 Å². The first-order valence-corrected chi connectivity index (χ1v) is 6.74. The van der Waals surface area contributed by atoms with Gasteiger partial charge in [-0.1, -0.05) is 0 Å². The zero-order valence-electron chi connectivity index (χ0n) is 10.9. The Hall–Kier alpha value is -2.75. The van der Waals surface area contributed by atoms with Crippen LogP contribution in [0.3, 0.4) is 0 Å². The Balaban J connectivity index is 1.76. The van der Waals surface area contributed by atoms with Gasteiger partial charge >= 0.3 is 6.01 Å². The lowest BCUT2D eigenvalue weighted by Gasteiger charge is -2.04. The monoisotopic (exact) mass is 306 g/mol. The molecule has 0 bridgehead atoms. The largest absolute Gasteiger partial charge is 0.466 e. The fourth-order valence-corrected chi connectivity index (χ4v) is 2.45. The number of nitrogens with one attached hydrogen (secondary N) is 2. The topological polar surface area (TPSA) is 115 Å². The van der Waals surface area contributed by atoms with E-state index in [2.05, 4.69) is 25.5 Å². The third kappa shape index (κ3) is 2.60. The molecule has 0 fully saturated rings. The maximum atomic E-state index is 12.1. The Morgan fingerprint density at radius 1 is 1.57 bits per heavy atom. The van der Waals surface area contributed by atoms with E-state index in [9.17, 15) is 9.59 Å². The number of carbonyl (C=O) groups excluding carboxylic acids is 1. The van der Waals surface area contributed by atoms with Crippen molar-refractivity contribution >= 4 is 33.4 Å². The summed E-state index contributed by atoms with van der Waals surface area (Å²) in [5.41, 5.74) is -0.258. The van der Waals surface area contributed by atoms with E-state index in [1.54, 1.807) is 11.4 Å². The summed E-state index contributed by atoms with van der Waals surface area (Å²) in [5.74, 6) is -0.276. The van der Waals surface area contributed by atoms with Gasteiger partial charge in [0, 0.05) is 0 Å². The molecule has 10 heteroatoms. The van der Waals surface area contributed by atoms with E-state index in [4.69, 9.17) is 4.74 Å². The first kappa shape index (κ1) is 13.2. The van der Waals surface area contributed by atoms with E-state index in [-0.39, 0.29) is 24.1 Å².